The Balaban J connectivity index is 1.49. The number of aromatic nitrogens is 1. The van der Waals surface area contributed by atoms with E-state index in [-0.39, 0.29) is 17.5 Å². The number of hydrogen-bond acceptors (Lipinski definition) is 7. The van der Waals surface area contributed by atoms with Gasteiger partial charge in [-0.1, -0.05) is 0 Å². The lowest BCUT2D eigenvalue weighted by Gasteiger charge is -2.28. The molecule has 1 amide bonds. The summed E-state index contributed by atoms with van der Waals surface area (Å²) in [7, 11) is -2.12. The minimum absolute atomic E-state index is 0.0114. The zero-order valence-electron chi connectivity index (χ0n) is 18.8. The van der Waals surface area contributed by atoms with Crippen molar-refractivity contribution in [1.82, 2.24) is 9.29 Å². The molecule has 4 rings (SSSR count). The highest BCUT2D eigenvalue weighted by Gasteiger charge is 2.42. The van der Waals surface area contributed by atoms with Crippen molar-refractivity contribution in [1.29, 1.82) is 0 Å². The van der Waals surface area contributed by atoms with E-state index in [1.54, 1.807) is 7.11 Å². The fourth-order valence-electron chi connectivity index (χ4n) is 3.56. The maximum Gasteiger partial charge on any atom is 0.257 e. The van der Waals surface area contributed by atoms with E-state index >= 15 is 0 Å². The molecule has 0 unspecified atom stereocenters. The molecular weight excluding hydrogens is 462 g/mol. The summed E-state index contributed by atoms with van der Waals surface area (Å²) in [5.74, 6) is 0.394. The average Bonchev–Trinajstić information content (AvgIpc) is 3.35. The van der Waals surface area contributed by atoms with Crippen LogP contribution in [0.5, 0.6) is 5.75 Å². The standard InChI is InChI=1S/C23H25N3O5S2/c1-15-20(16-5-9-18(30-4)10-6-16)24-22(32-15)25-21(27)17-7-11-19(12-8-17)33(28,29)26-14-31-13-23(26,2)3/h5-12H,13-14H2,1-4H3,(H,24,25,27). The van der Waals surface area contributed by atoms with E-state index in [0.29, 0.717) is 17.3 Å². The molecule has 0 atom stereocenters. The third-order valence-electron chi connectivity index (χ3n) is 5.42. The fourth-order valence-corrected chi connectivity index (χ4v) is 6.04. The summed E-state index contributed by atoms with van der Waals surface area (Å²) in [4.78, 5) is 18.4. The molecule has 10 heteroatoms. The third kappa shape index (κ3) is 4.65. The summed E-state index contributed by atoms with van der Waals surface area (Å²) in [6.07, 6.45) is 0. The molecule has 2 aromatic carbocycles. The van der Waals surface area contributed by atoms with Gasteiger partial charge in [-0.3, -0.25) is 10.1 Å². The van der Waals surface area contributed by atoms with Crippen LogP contribution in [0, 0.1) is 6.92 Å². The zero-order chi connectivity index (χ0) is 23.8. The van der Waals surface area contributed by atoms with Gasteiger partial charge in [-0.25, -0.2) is 13.4 Å². The van der Waals surface area contributed by atoms with Crippen LogP contribution in [-0.2, 0) is 14.8 Å². The molecule has 1 aliphatic rings. The first kappa shape index (κ1) is 23.4. The maximum atomic E-state index is 13.0. The molecule has 1 aromatic heterocycles. The smallest absolute Gasteiger partial charge is 0.257 e. The van der Waals surface area contributed by atoms with Gasteiger partial charge < -0.3 is 9.47 Å². The summed E-state index contributed by atoms with van der Waals surface area (Å²) >= 11 is 1.38. The van der Waals surface area contributed by atoms with Crippen molar-refractivity contribution in [2.24, 2.45) is 0 Å². The Morgan fingerprint density at radius 3 is 2.39 bits per heavy atom. The lowest BCUT2D eigenvalue weighted by atomic mass is 10.1. The molecule has 33 heavy (non-hydrogen) atoms. The predicted octanol–water partition coefficient (Wildman–Crippen LogP) is 4.14. The van der Waals surface area contributed by atoms with E-state index in [0.717, 1.165) is 21.9 Å². The van der Waals surface area contributed by atoms with Crippen molar-refractivity contribution < 1.29 is 22.7 Å². The molecule has 8 nitrogen and oxygen atoms in total. The first-order valence-corrected chi connectivity index (χ1v) is 12.5. The minimum atomic E-state index is -3.73. The molecule has 3 aromatic rings. The number of ether oxygens (including phenoxy) is 2. The average molecular weight is 488 g/mol. The van der Waals surface area contributed by atoms with E-state index in [1.165, 1.54) is 39.9 Å². The minimum Gasteiger partial charge on any atom is -0.497 e. The molecule has 0 saturated carbocycles. The van der Waals surface area contributed by atoms with E-state index in [9.17, 15) is 13.2 Å². The van der Waals surface area contributed by atoms with Crippen molar-refractivity contribution in [2.45, 2.75) is 31.2 Å². The Morgan fingerprint density at radius 1 is 1.15 bits per heavy atom. The summed E-state index contributed by atoms with van der Waals surface area (Å²) in [5.41, 5.74) is 1.42. The summed E-state index contributed by atoms with van der Waals surface area (Å²) in [5, 5.41) is 3.27. The van der Waals surface area contributed by atoms with E-state index in [1.807, 2.05) is 45.0 Å². The number of hydrogen-bond donors (Lipinski definition) is 1. The van der Waals surface area contributed by atoms with Gasteiger partial charge >= 0.3 is 0 Å². The Bertz CT molecular complexity index is 1270. The van der Waals surface area contributed by atoms with Crippen LogP contribution >= 0.6 is 11.3 Å². The van der Waals surface area contributed by atoms with Crippen LogP contribution in [-0.4, -0.2) is 49.6 Å². The van der Waals surface area contributed by atoms with Gasteiger partial charge in [0.2, 0.25) is 10.0 Å². The zero-order valence-corrected chi connectivity index (χ0v) is 20.4. The molecule has 0 aliphatic carbocycles. The third-order valence-corrected chi connectivity index (χ3v) is 8.36. The largest absolute Gasteiger partial charge is 0.497 e. The predicted molar refractivity (Wildman–Crippen MR) is 127 cm³/mol. The number of anilines is 1. The molecule has 0 radical (unpaired) electrons. The second-order valence-corrected chi connectivity index (χ2v) is 11.3. The second kappa shape index (κ2) is 8.86. The lowest BCUT2D eigenvalue weighted by molar-refractivity contribution is 0.102. The number of carbonyl (C=O) groups is 1. The van der Waals surface area contributed by atoms with Crippen LogP contribution in [0.2, 0.25) is 0 Å². The number of nitrogens with zero attached hydrogens (tertiary/aromatic N) is 2. The first-order valence-electron chi connectivity index (χ1n) is 10.3. The van der Waals surface area contributed by atoms with Gasteiger partial charge in [0, 0.05) is 16.0 Å². The number of thiazole rings is 1. The molecule has 1 fully saturated rings. The van der Waals surface area contributed by atoms with Gasteiger partial charge in [0.1, 0.15) is 12.5 Å². The Labute approximate surface area is 197 Å². The van der Waals surface area contributed by atoms with Crippen LogP contribution in [0.1, 0.15) is 29.1 Å². The van der Waals surface area contributed by atoms with Gasteiger partial charge in [-0.15, -0.1) is 11.3 Å². The van der Waals surface area contributed by atoms with E-state index in [2.05, 4.69) is 10.3 Å². The summed E-state index contributed by atoms with van der Waals surface area (Å²) in [6.45, 7) is 5.91. The van der Waals surface area contributed by atoms with E-state index < -0.39 is 15.6 Å². The molecule has 174 valence electrons. The molecule has 0 bridgehead atoms. The summed E-state index contributed by atoms with van der Waals surface area (Å²) in [6, 6.07) is 13.4. The molecule has 1 saturated heterocycles. The molecule has 1 N–H and O–H groups in total. The number of aryl methyl sites for hydroxylation is 1. The monoisotopic (exact) mass is 487 g/mol. The van der Waals surface area contributed by atoms with Crippen molar-refractivity contribution in [2.75, 3.05) is 25.8 Å². The van der Waals surface area contributed by atoms with Crippen LogP contribution in [0.25, 0.3) is 11.3 Å². The quantitative estimate of drug-likeness (QED) is 0.561. The fraction of sp³-hybridized carbons (Fsp3) is 0.304. The van der Waals surface area contributed by atoms with Crippen molar-refractivity contribution in [3.05, 3.63) is 59.0 Å². The highest BCUT2D eigenvalue weighted by atomic mass is 32.2. The number of nitrogens with one attached hydrogen (secondary N) is 1. The van der Waals surface area contributed by atoms with Gasteiger partial charge in [-0.2, -0.15) is 4.31 Å². The highest BCUT2D eigenvalue weighted by molar-refractivity contribution is 7.89. The van der Waals surface area contributed by atoms with Gasteiger partial charge in [0.15, 0.2) is 5.13 Å². The Hall–Kier alpha value is -2.79. The lowest BCUT2D eigenvalue weighted by Crippen LogP contribution is -2.44. The number of rotatable bonds is 6. The number of sulfonamides is 1. The van der Waals surface area contributed by atoms with Gasteiger partial charge in [0.05, 0.1) is 29.8 Å². The van der Waals surface area contributed by atoms with Crippen molar-refractivity contribution in [3.8, 4) is 17.0 Å². The maximum absolute atomic E-state index is 13.0. The van der Waals surface area contributed by atoms with E-state index in [4.69, 9.17) is 9.47 Å². The van der Waals surface area contributed by atoms with Crippen molar-refractivity contribution in [3.63, 3.8) is 0 Å². The molecule has 1 aliphatic heterocycles. The number of carbonyl (C=O) groups excluding carboxylic acids is 1. The normalized spacial score (nSPS) is 16.0. The Kier molecular flexibility index (Phi) is 6.28. The highest BCUT2D eigenvalue weighted by Crippen LogP contribution is 2.32. The van der Waals surface area contributed by atoms with Crippen LogP contribution < -0.4 is 10.1 Å². The van der Waals surface area contributed by atoms with Gasteiger partial charge in [-0.05, 0) is 69.3 Å². The Morgan fingerprint density at radius 2 is 1.82 bits per heavy atom. The van der Waals surface area contributed by atoms with Crippen LogP contribution in [0.4, 0.5) is 5.13 Å². The second-order valence-electron chi connectivity index (χ2n) is 8.27. The molecule has 0 spiro atoms. The van der Waals surface area contributed by atoms with Crippen molar-refractivity contribution >= 4 is 32.4 Å². The number of amides is 1. The topological polar surface area (TPSA) is 97.8 Å². The summed E-state index contributed by atoms with van der Waals surface area (Å²) < 4.78 is 37.8. The SMILES string of the molecule is COc1ccc(-c2nc(NC(=O)c3ccc(S(=O)(=O)N4COCC4(C)C)cc3)sc2C)cc1. The molecular formula is C23H25N3O5S2. The molecule has 2 heterocycles. The first-order chi connectivity index (χ1) is 15.6. The number of benzene rings is 2. The van der Waals surface area contributed by atoms with Crippen LogP contribution in [0.15, 0.2) is 53.4 Å². The number of methoxy groups -OCH3 is 1. The van der Waals surface area contributed by atoms with Gasteiger partial charge in [0.25, 0.3) is 5.91 Å². The van der Waals surface area contributed by atoms with Crippen LogP contribution in [0.3, 0.4) is 0 Å².